The third-order valence-corrected chi connectivity index (χ3v) is 4.82. The minimum Gasteiger partial charge on any atom is -0.396 e. The number of nitrogens with two attached hydrogens (primary N) is 1. The van der Waals surface area contributed by atoms with Crippen LogP contribution in [0.15, 0.2) is 0 Å². The van der Waals surface area contributed by atoms with Crippen molar-refractivity contribution in [2.75, 3.05) is 31.7 Å². The van der Waals surface area contributed by atoms with Gasteiger partial charge in [0.1, 0.15) is 0 Å². The normalized spacial score (nSPS) is 20.8. The number of aliphatic hydroxyl groups is 1. The van der Waals surface area contributed by atoms with Crippen molar-refractivity contribution in [1.29, 1.82) is 0 Å². The topological polar surface area (TPSA) is 66.6 Å². The first-order valence-corrected chi connectivity index (χ1v) is 8.12. The number of hydrogen-bond donors (Lipinski definition) is 2. The Balaban J connectivity index is 2.44. The average Bonchev–Trinajstić information content (AvgIpc) is 2.44. The van der Waals surface area contributed by atoms with Gasteiger partial charge >= 0.3 is 0 Å². The number of thioether (sulfide) groups is 1. The Bertz CT molecular complexity index is 260. The van der Waals surface area contributed by atoms with E-state index in [1.807, 2.05) is 11.2 Å². The largest absolute Gasteiger partial charge is 0.396 e. The molecule has 0 aromatic rings. The lowest BCUT2D eigenvalue weighted by Gasteiger charge is -2.40. The Morgan fingerprint density at radius 2 is 2.11 bits per heavy atom. The zero-order valence-corrected chi connectivity index (χ0v) is 12.3. The summed E-state index contributed by atoms with van der Waals surface area (Å²) in [5.41, 5.74) is 5.94. The number of carbonyl (C=O) groups excluding carboxylic acids is 1. The van der Waals surface area contributed by atoms with Crippen molar-refractivity contribution in [1.82, 2.24) is 4.90 Å². The molecule has 0 spiro atoms. The number of amides is 1. The number of piperidine rings is 1. The Hall–Kier alpha value is -0.260. The van der Waals surface area contributed by atoms with Crippen molar-refractivity contribution in [3.63, 3.8) is 0 Å². The minimum atomic E-state index is -0.360. The molecule has 1 fully saturated rings. The maximum Gasteiger partial charge on any atom is 0.239 e. The zero-order valence-electron chi connectivity index (χ0n) is 11.5. The standard InChI is InChI=1S/C13H26N2O2S/c1-3-13(10-16)5-7-15(8-6-13)12(17)11(14)4-9-18-2/h11,16H,3-10,14H2,1-2H3/t11-/m0/s1. The molecule has 18 heavy (non-hydrogen) atoms. The predicted octanol–water partition coefficient (Wildman–Crippen LogP) is 1.08. The van der Waals surface area contributed by atoms with Crippen molar-refractivity contribution in [2.45, 2.75) is 38.6 Å². The Labute approximate surface area is 114 Å². The number of carbonyl (C=O) groups is 1. The molecule has 1 saturated heterocycles. The predicted molar refractivity (Wildman–Crippen MR) is 76.6 cm³/mol. The Morgan fingerprint density at radius 1 is 1.50 bits per heavy atom. The van der Waals surface area contributed by atoms with E-state index in [0.29, 0.717) is 0 Å². The molecule has 1 heterocycles. The van der Waals surface area contributed by atoms with Gasteiger partial charge in [0, 0.05) is 19.7 Å². The molecular weight excluding hydrogens is 248 g/mol. The summed E-state index contributed by atoms with van der Waals surface area (Å²) in [6.07, 6.45) is 5.52. The molecule has 0 unspecified atom stereocenters. The van der Waals surface area contributed by atoms with Gasteiger partial charge in [0.25, 0.3) is 0 Å². The summed E-state index contributed by atoms with van der Waals surface area (Å²) in [4.78, 5) is 14.0. The van der Waals surface area contributed by atoms with Gasteiger partial charge in [-0.05, 0) is 43.1 Å². The fraction of sp³-hybridized carbons (Fsp3) is 0.923. The molecular formula is C13H26N2O2S. The van der Waals surface area contributed by atoms with Crippen molar-refractivity contribution in [3.8, 4) is 0 Å². The lowest BCUT2D eigenvalue weighted by Crippen LogP contribution is -2.50. The third kappa shape index (κ3) is 3.87. The average molecular weight is 274 g/mol. The van der Waals surface area contributed by atoms with Crippen LogP contribution in [0.2, 0.25) is 0 Å². The van der Waals surface area contributed by atoms with E-state index in [2.05, 4.69) is 6.92 Å². The quantitative estimate of drug-likeness (QED) is 0.760. The highest BCUT2D eigenvalue weighted by molar-refractivity contribution is 7.98. The van der Waals surface area contributed by atoms with Crippen molar-refractivity contribution in [3.05, 3.63) is 0 Å². The van der Waals surface area contributed by atoms with Gasteiger partial charge in [-0.25, -0.2) is 0 Å². The molecule has 1 amide bonds. The molecule has 0 radical (unpaired) electrons. The number of rotatable bonds is 6. The second-order valence-corrected chi connectivity index (χ2v) is 6.21. The molecule has 0 aromatic heterocycles. The van der Waals surface area contributed by atoms with Crippen molar-refractivity contribution in [2.24, 2.45) is 11.1 Å². The molecule has 1 aliphatic heterocycles. The molecule has 1 rings (SSSR count). The first-order chi connectivity index (χ1) is 8.58. The molecule has 0 aromatic carbocycles. The van der Waals surface area contributed by atoms with E-state index in [-0.39, 0.29) is 24.0 Å². The van der Waals surface area contributed by atoms with E-state index in [0.717, 1.165) is 44.5 Å². The second-order valence-electron chi connectivity index (χ2n) is 5.22. The molecule has 0 aliphatic carbocycles. The molecule has 0 saturated carbocycles. The van der Waals surface area contributed by atoms with Crippen LogP contribution in [0.3, 0.4) is 0 Å². The summed E-state index contributed by atoms with van der Waals surface area (Å²) in [6.45, 7) is 3.81. The van der Waals surface area contributed by atoms with Gasteiger partial charge < -0.3 is 15.7 Å². The monoisotopic (exact) mass is 274 g/mol. The van der Waals surface area contributed by atoms with Crippen LogP contribution < -0.4 is 5.73 Å². The highest BCUT2D eigenvalue weighted by Crippen LogP contribution is 2.34. The van der Waals surface area contributed by atoms with E-state index < -0.39 is 0 Å². The molecule has 4 nitrogen and oxygen atoms in total. The van der Waals surface area contributed by atoms with Crippen LogP contribution in [-0.4, -0.2) is 53.7 Å². The molecule has 5 heteroatoms. The minimum absolute atomic E-state index is 0.0279. The van der Waals surface area contributed by atoms with Crippen LogP contribution in [0.5, 0.6) is 0 Å². The van der Waals surface area contributed by atoms with Gasteiger partial charge in [-0.1, -0.05) is 6.92 Å². The lowest BCUT2D eigenvalue weighted by molar-refractivity contribution is -0.135. The van der Waals surface area contributed by atoms with E-state index in [4.69, 9.17) is 5.73 Å². The molecule has 106 valence electrons. The first-order valence-electron chi connectivity index (χ1n) is 6.72. The summed E-state index contributed by atoms with van der Waals surface area (Å²) >= 11 is 1.72. The van der Waals surface area contributed by atoms with Crippen LogP contribution in [0.25, 0.3) is 0 Å². The fourth-order valence-electron chi connectivity index (χ4n) is 2.43. The van der Waals surface area contributed by atoms with Gasteiger partial charge in [-0.2, -0.15) is 11.8 Å². The zero-order chi connectivity index (χ0) is 13.6. The smallest absolute Gasteiger partial charge is 0.239 e. The van der Waals surface area contributed by atoms with Gasteiger partial charge in [-0.15, -0.1) is 0 Å². The van der Waals surface area contributed by atoms with E-state index in [9.17, 15) is 9.90 Å². The summed E-state index contributed by atoms with van der Waals surface area (Å²) in [5, 5.41) is 9.46. The molecule has 1 aliphatic rings. The van der Waals surface area contributed by atoms with Crippen molar-refractivity contribution >= 4 is 17.7 Å². The summed E-state index contributed by atoms with van der Waals surface area (Å²) < 4.78 is 0. The number of nitrogens with zero attached hydrogens (tertiary/aromatic N) is 1. The maximum atomic E-state index is 12.1. The van der Waals surface area contributed by atoms with Crippen molar-refractivity contribution < 1.29 is 9.90 Å². The molecule has 3 N–H and O–H groups in total. The lowest BCUT2D eigenvalue weighted by atomic mass is 9.77. The molecule has 1 atom stereocenters. The van der Waals surface area contributed by atoms with E-state index in [1.165, 1.54) is 0 Å². The van der Waals surface area contributed by atoms with E-state index >= 15 is 0 Å². The van der Waals surface area contributed by atoms with Gasteiger partial charge in [0.05, 0.1) is 6.04 Å². The number of aliphatic hydroxyl groups excluding tert-OH is 1. The summed E-state index contributed by atoms with van der Waals surface area (Å²) in [6, 6.07) is -0.360. The number of likely N-dealkylation sites (tertiary alicyclic amines) is 1. The first kappa shape index (κ1) is 15.8. The van der Waals surface area contributed by atoms with Crippen LogP contribution in [-0.2, 0) is 4.79 Å². The van der Waals surface area contributed by atoms with Gasteiger partial charge in [0.2, 0.25) is 5.91 Å². The van der Waals surface area contributed by atoms with Gasteiger partial charge in [0.15, 0.2) is 0 Å². The summed E-state index contributed by atoms with van der Waals surface area (Å²) in [5.74, 6) is 1.00. The van der Waals surface area contributed by atoms with E-state index in [1.54, 1.807) is 11.8 Å². The second kappa shape index (κ2) is 7.36. The molecule has 0 bridgehead atoms. The Kier molecular flexibility index (Phi) is 6.46. The third-order valence-electron chi connectivity index (χ3n) is 4.17. The van der Waals surface area contributed by atoms with Crippen LogP contribution in [0.1, 0.15) is 32.6 Å². The number of hydrogen-bond acceptors (Lipinski definition) is 4. The van der Waals surface area contributed by atoms with Crippen LogP contribution in [0, 0.1) is 5.41 Å². The van der Waals surface area contributed by atoms with Crippen LogP contribution in [0.4, 0.5) is 0 Å². The highest BCUT2D eigenvalue weighted by Gasteiger charge is 2.34. The Morgan fingerprint density at radius 3 is 2.56 bits per heavy atom. The fourth-order valence-corrected chi connectivity index (χ4v) is 2.92. The van der Waals surface area contributed by atoms with Gasteiger partial charge in [-0.3, -0.25) is 4.79 Å². The highest BCUT2D eigenvalue weighted by atomic mass is 32.2. The SMILES string of the molecule is CCC1(CO)CCN(C(=O)[C@@H](N)CCSC)CC1. The van der Waals surface area contributed by atoms with Crippen LogP contribution >= 0.6 is 11.8 Å². The maximum absolute atomic E-state index is 12.1. The summed E-state index contributed by atoms with van der Waals surface area (Å²) in [7, 11) is 0.